The number of esters is 2. The minimum Gasteiger partial charge on any atom is -0.469 e. The Bertz CT molecular complexity index is 936. The van der Waals surface area contributed by atoms with Crippen LogP contribution in [0.3, 0.4) is 0 Å². The molecule has 1 aliphatic carbocycles. The molecule has 0 N–H and O–H groups in total. The first-order valence-electron chi connectivity index (χ1n) is 7.85. The van der Waals surface area contributed by atoms with E-state index in [4.69, 9.17) is 9.47 Å². The molecule has 0 spiro atoms. The highest BCUT2D eigenvalue weighted by molar-refractivity contribution is 7.18. The van der Waals surface area contributed by atoms with Gasteiger partial charge in [-0.15, -0.1) is 22.7 Å². The normalized spacial score (nSPS) is 15.1. The molecular formula is C18H16O6S2. The molecule has 3 rings (SSSR count). The lowest BCUT2D eigenvalue weighted by atomic mass is 9.88. The van der Waals surface area contributed by atoms with Crippen LogP contribution in [0, 0.1) is 0 Å². The van der Waals surface area contributed by atoms with Crippen LogP contribution in [0.1, 0.15) is 73.7 Å². The summed E-state index contributed by atoms with van der Waals surface area (Å²) in [5, 5.41) is 1.67. The van der Waals surface area contributed by atoms with Gasteiger partial charge in [-0.05, 0) is 30.9 Å². The maximum atomic E-state index is 13.0. The number of rotatable bonds is 4. The van der Waals surface area contributed by atoms with E-state index in [-0.39, 0.29) is 17.1 Å². The minimum absolute atomic E-state index is 0.241. The smallest absolute Gasteiger partial charge is 0.312 e. The lowest BCUT2D eigenvalue weighted by Gasteiger charge is -2.14. The number of methoxy groups -OCH3 is 1. The van der Waals surface area contributed by atoms with Crippen molar-refractivity contribution in [1.29, 1.82) is 0 Å². The SMILES string of the molecule is COC(=O)C(C)c1csc2c1C(=O)c1cc(C(C)OC(C)=O)sc1C2=O. The van der Waals surface area contributed by atoms with E-state index in [2.05, 4.69) is 0 Å². The van der Waals surface area contributed by atoms with Crippen molar-refractivity contribution in [2.24, 2.45) is 0 Å². The maximum absolute atomic E-state index is 13.0. The number of hydrogen-bond donors (Lipinski definition) is 0. The van der Waals surface area contributed by atoms with Crippen LogP contribution in [0.25, 0.3) is 0 Å². The van der Waals surface area contributed by atoms with Gasteiger partial charge in [-0.3, -0.25) is 19.2 Å². The van der Waals surface area contributed by atoms with Crippen LogP contribution >= 0.6 is 22.7 Å². The van der Waals surface area contributed by atoms with Crippen LogP contribution in [0.15, 0.2) is 11.4 Å². The second-order valence-electron chi connectivity index (χ2n) is 5.94. The predicted octanol–water partition coefficient (Wildman–Crippen LogP) is 3.49. The third-order valence-electron chi connectivity index (χ3n) is 4.22. The first-order valence-corrected chi connectivity index (χ1v) is 9.55. The molecule has 0 bridgehead atoms. The molecule has 2 aromatic rings. The van der Waals surface area contributed by atoms with Crippen LogP contribution in [0.5, 0.6) is 0 Å². The van der Waals surface area contributed by atoms with E-state index in [9.17, 15) is 19.2 Å². The van der Waals surface area contributed by atoms with Crippen LogP contribution in [-0.2, 0) is 19.1 Å². The molecule has 0 aliphatic heterocycles. The van der Waals surface area contributed by atoms with Gasteiger partial charge in [0, 0.05) is 22.9 Å². The highest BCUT2D eigenvalue weighted by Gasteiger charge is 2.38. The lowest BCUT2D eigenvalue weighted by Crippen LogP contribution is -2.20. The fourth-order valence-corrected chi connectivity index (χ4v) is 5.14. The van der Waals surface area contributed by atoms with Gasteiger partial charge >= 0.3 is 11.9 Å². The van der Waals surface area contributed by atoms with Gasteiger partial charge in [-0.25, -0.2) is 0 Å². The number of fused-ring (bicyclic) bond motifs is 2. The summed E-state index contributed by atoms with van der Waals surface area (Å²) < 4.78 is 9.90. The van der Waals surface area contributed by atoms with Crippen molar-refractivity contribution >= 4 is 46.2 Å². The molecule has 26 heavy (non-hydrogen) atoms. The average Bonchev–Trinajstić information content (AvgIpc) is 3.22. The summed E-state index contributed by atoms with van der Waals surface area (Å²) in [6.07, 6.45) is -0.546. The highest BCUT2D eigenvalue weighted by Crippen LogP contribution is 2.41. The largest absolute Gasteiger partial charge is 0.469 e. The van der Waals surface area contributed by atoms with Crippen molar-refractivity contribution in [1.82, 2.24) is 0 Å². The fraction of sp³-hybridized carbons (Fsp3) is 0.333. The van der Waals surface area contributed by atoms with E-state index in [0.29, 0.717) is 25.8 Å². The Kier molecular flexibility index (Phi) is 4.81. The van der Waals surface area contributed by atoms with E-state index in [1.54, 1.807) is 25.3 Å². The van der Waals surface area contributed by atoms with Gasteiger partial charge in [0.05, 0.1) is 22.8 Å². The molecule has 8 heteroatoms. The Labute approximate surface area is 157 Å². The molecule has 0 fully saturated rings. The molecule has 2 aromatic heterocycles. The molecule has 2 heterocycles. The third-order valence-corrected chi connectivity index (χ3v) is 6.51. The molecule has 0 saturated carbocycles. The molecular weight excluding hydrogens is 376 g/mol. The molecule has 0 amide bonds. The van der Waals surface area contributed by atoms with Crippen molar-refractivity contribution in [2.75, 3.05) is 7.11 Å². The number of carbonyl (C=O) groups excluding carboxylic acids is 4. The van der Waals surface area contributed by atoms with Gasteiger partial charge in [0.1, 0.15) is 6.10 Å². The first-order chi connectivity index (χ1) is 12.3. The molecule has 1 aliphatic rings. The number of thiophene rings is 2. The average molecular weight is 392 g/mol. The second kappa shape index (κ2) is 6.77. The van der Waals surface area contributed by atoms with Crippen molar-refractivity contribution in [3.8, 4) is 0 Å². The van der Waals surface area contributed by atoms with E-state index in [0.717, 1.165) is 22.7 Å². The van der Waals surface area contributed by atoms with Gasteiger partial charge in [0.2, 0.25) is 5.78 Å². The minimum atomic E-state index is -0.642. The molecule has 2 atom stereocenters. The Morgan fingerprint density at radius 1 is 1.12 bits per heavy atom. The van der Waals surface area contributed by atoms with Gasteiger partial charge in [0.25, 0.3) is 0 Å². The fourth-order valence-electron chi connectivity index (χ4n) is 2.89. The van der Waals surface area contributed by atoms with Crippen molar-refractivity contribution in [3.05, 3.63) is 42.8 Å². The quantitative estimate of drug-likeness (QED) is 0.632. The topological polar surface area (TPSA) is 86.7 Å². The van der Waals surface area contributed by atoms with Gasteiger partial charge < -0.3 is 9.47 Å². The lowest BCUT2D eigenvalue weighted by molar-refractivity contribution is -0.145. The Hall–Kier alpha value is -2.32. The zero-order valence-electron chi connectivity index (χ0n) is 14.6. The molecule has 0 aromatic carbocycles. The zero-order valence-corrected chi connectivity index (χ0v) is 16.2. The summed E-state index contributed by atoms with van der Waals surface area (Å²) in [6, 6.07) is 1.60. The zero-order chi connectivity index (χ0) is 19.2. The Balaban J connectivity index is 2.05. The third kappa shape index (κ3) is 2.89. The molecule has 6 nitrogen and oxygen atoms in total. The number of carbonyl (C=O) groups is 4. The summed E-state index contributed by atoms with van der Waals surface area (Å²) in [5.41, 5.74) is 1.06. The summed E-state index contributed by atoms with van der Waals surface area (Å²) >= 11 is 2.31. The summed E-state index contributed by atoms with van der Waals surface area (Å²) in [4.78, 5) is 50.2. The number of ketones is 2. The number of hydrogen-bond acceptors (Lipinski definition) is 8. The van der Waals surface area contributed by atoms with Crippen molar-refractivity contribution in [2.45, 2.75) is 32.8 Å². The molecule has 0 radical (unpaired) electrons. The first kappa shape index (κ1) is 18.5. The van der Waals surface area contributed by atoms with E-state index in [1.807, 2.05) is 0 Å². The predicted molar refractivity (Wildman–Crippen MR) is 96.1 cm³/mol. The van der Waals surface area contributed by atoms with E-state index >= 15 is 0 Å². The Morgan fingerprint density at radius 3 is 2.42 bits per heavy atom. The van der Waals surface area contributed by atoms with Gasteiger partial charge in [-0.1, -0.05) is 0 Å². The highest BCUT2D eigenvalue weighted by atomic mass is 32.1. The van der Waals surface area contributed by atoms with Crippen LogP contribution in [0.4, 0.5) is 0 Å². The number of ether oxygens (including phenoxy) is 2. The second-order valence-corrected chi connectivity index (χ2v) is 7.90. The van der Waals surface area contributed by atoms with Crippen LogP contribution in [0.2, 0.25) is 0 Å². The van der Waals surface area contributed by atoms with Gasteiger partial charge in [0.15, 0.2) is 5.78 Å². The van der Waals surface area contributed by atoms with Crippen LogP contribution in [-0.4, -0.2) is 30.6 Å². The monoisotopic (exact) mass is 392 g/mol. The van der Waals surface area contributed by atoms with Crippen LogP contribution < -0.4 is 0 Å². The summed E-state index contributed by atoms with van der Waals surface area (Å²) in [7, 11) is 1.28. The molecule has 136 valence electrons. The van der Waals surface area contributed by atoms with E-state index in [1.165, 1.54) is 14.0 Å². The standard InChI is InChI=1S/C18H16O6S2/c1-7(18(22)23-4)11-6-25-17-13(11)14(20)10-5-12(8(2)24-9(3)19)26-16(10)15(17)21/h5-8H,1-4H3. The molecule has 2 unspecified atom stereocenters. The Morgan fingerprint density at radius 2 is 1.81 bits per heavy atom. The molecule has 0 saturated heterocycles. The summed E-state index contributed by atoms with van der Waals surface area (Å²) in [5.74, 6) is -2.08. The van der Waals surface area contributed by atoms with E-state index < -0.39 is 24.0 Å². The van der Waals surface area contributed by atoms with Crippen molar-refractivity contribution < 1.29 is 28.7 Å². The van der Waals surface area contributed by atoms with Crippen molar-refractivity contribution in [3.63, 3.8) is 0 Å². The summed E-state index contributed by atoms with van der Waals surface area (Å²) in [6.45, 7) is 4.63. The van der Waals surface area contributed by atoms with Gasteiger partial charge in [-0.2, -0.15) is 0 Å². The maximum Gasteiger partial charge on any atom is 0.312 e.